The molecule has 1 amide bonds. The number of methoxy groups -OCH3 is 1. The Morgan fingerprint density at radius 3 is 2.95 bits per heavy atom. The molecule has 0 bridgehead atoms. The smallest absolute Gasteiger partial charge is 0.244 e. The number of hydrogen-bond acceptors (Lipinski definition) is 4. The minimum atomic E-state index is -0.609. The van der Waals surface area contributed by atoms with E-state index in [1.807, 2.05) is 30.3 Å². The van der Waals surface area contributed by atoms with Crippen LogP contribution in [0.3, 0.4) is 0 Å². The summed E-state index contributed by atoms with van der Waals surface area (Å²) in [6.45, 7) is 2.14. The molecule has 0 radical (unpaired) electrons. The molecule has 104 valence electrons. The summed E-state index contributed by atoms with van der Waals surface area (Å²) >= 11 is 0. The maximum Gasteiger partial charge on any atom is 0.244 e. The van der Waals surface area contributed by atoms with Gasteiger partial charge in [0.15, 0.2) is 0 Å². The quantitative estimate of drug-likeness (QED) is 0.863. The summed E-state index contributed by atoms with van der Waals surface area (Å²) in [5.41, 5.74) is 6.86. The van der Waals surface area contributed by atoms with Gasteiger partial charge in [-0.05, 0) is 5.56 Å². The Bertz CT molecular complexity index is 408. The fraction of sp³-hybridized carbons (Fsp3) is 0.500. The van der Waals surface area contributed by atoms with Crippen LogP contribution in [0, 0.1) is 0 Å². The largest absolute Gasteiger partial charge is 0.382 e. The molecule has 0 aromatic heterocycles. The monoisotopic (exact) mass is 264 g/mol. The van der Waals surface area contributed by atoms with E-state index in [0.29, 0.717) is 26.3 Å². The molecule has 5 nitrogen and oxygen atoms in total. The van der Waals surface area contributed by atoms with Crippen molar-refractivity contribution in [3.8, 4) is 0 Å². The molecule has 0 unspecified atom stereocenters. The van der Waals surface area contributed by atoms with Crippen molar-refractivity contribution in [1.29, 1.82) is 0 Å². The molecule has 2 N–H and O–H groups in total. The van der Waals surface area contributed by atoms with Gasteiger partial charge in [0.1, 0.15) is 6.04 Å². The molecular formula is C14H20N2O3. The first-order valence-corrected chi connectivity index (χ1v) is 6.42. The molecule has 1 fully saturated rings. The van der Waals surface area contributed by atoms with Crippen LogP contribution in [0.15, 0.2) is 30.3 Å². The summed E-state index contributed by atoms with van der Waals surface area (Å²) in [6, 6.07) is 8.81. The molecule has 1 aromatic rings. The zero-order valence-electron chi connectivity index (χ0n) is 11.1. The van der Waals surface area contributed by atoms with Crippen LogP contribution in [-0.4, -0.2) is 50.3 Å². The lowest BCUT2D eigenvalue weighted by atomic mass is 10.1. The second kappa shape index (κ2) is 6.65. The van der Waals surface area contributed by atoms with Gasteiger partial charge >= 0.3 is 0 Å². The maximum atomic E-state index is 12.4. The summed E-state index contributed by atoms with van der Waals surface area (Å²) in [5, 5.41) is 0. The van der Waals surface area contributed by atoms with Gasteiger partial charge in [0, 0.05) is 20.2 Å². The van der Waals surface area contributed by atoms with Gasteiger partial charge < -0.3 is 20.1 Å². The summed E-state index contributed by atoms with van der Waals surface area (Å²) in [4.78, 5) is 14.1. The highest BCUT2D eigenvalue weighted by Gasteiger charge is 2.28. The Labute approximate surface area is 113 Å². The zero-order valence-corrected chi connectivity index (χ0v) is 11.1. The van der Waals surface area contributed by atoms with Gasteiger partial charge in [-0.1, -0.05) is 30.3 Å². The number of rotatable bonds is 4. The van der Waals surface area contributed by atoms with E-state index < -0.39 is 6.04 Å². The van der Waals surface area contributed by atoms with Gasteiger partial charge in [-0.15, -0.1) is 0 Å². The number of hydrogen-bond donors (Lipinski definition) is 1. The van der Waals surface area contributed by atoms with Crippen molar-refractivity contribution in [3.05, 3.63) is 35.9 Å². The summed E-state index contributed by atoms with van der Waals surface area (Å²) < 4.78 is 10.6. The third kappa shape index (κ3) is 3.53. The Balaban J connectivity index is 1.99. The predicted molar refractivity (Wildman–Crippen MR) is 71.6 cm³/mol. The molecule has 1 saturated heterocycles. The average molecular weight is 264 g/mol. The lowest BCUT2D eigenvalue weighted by Gasteiger charge is -2.34. The van der Waals surface area contributed by atoms with E-state index in [1.54, 1.807) is 12.0 Å². The molecule has 5 heteroatoms. The second-order valence-electron chi connectivity index (χ2n) is 4.62. The fourth-order valence-electron chi connectivity index (χ4n) is 2.21. The standard InChI is InChI=1S/C14H20N2O3/c1-18-10-12-9-16(7-8-19-12)14(17)13(15)11-5-3-2-4-6-11/h2-6,12-13H,7-10,15H2,1H3/t12-,13+/m0/s1. The van der Waals surface area contributed by atoms with Crippen LogP contribution in [0.25, 0.3) is 0 Å². The van der Waals surface area contributed by atoms with Crippen molar-refractivity contribution in [2.75, 3.05) is 33.4 Å². The van der Waals surface area contributed by atoms with E-state index in [4.69, 9.17) is 15.2 Å². The van der Waals surface area contributed by atoms with E-state index in [-0.39, 0.29) is 12.0 Å². The molecule has 19 heavy (non-hydrogen) atoms. The number of morpholine rings is 1. The van der Waals surface area contributed by atoms with Crippen molar-refractivity contribution in [3.63, 3.8) is 0 Å². The number of carbonyl (C=O) groups excluding carboxylic acids is 1. The minimum Gasteiger partial charge on any atom is -0.382 e. The van der Waals surface area contributed by atoms with E-state index in [0.717, 1.165) is 5.56 Å². The Hall–Kier alpha value is -1.43. The number of nitrogens with two attached hydrogens (primary N) is 1. The van der Waals surface area contributed by atoms with Crippen LogP contribution in [0.1, 0.15) is 11.6 Å². The lowest BCUT2D eigenvalue weighted by molar-refractivity contribution is -0.142. The van der Waals surface area contributed by atoms with E-state index in [2.05, 4.69) is 0 Å². The zero-order chi connectivity index (χ0) is 13.7. The Kier molecular flexibility index (Phi) is 4.90. The van der Waals surface area contributed by atoms with Crippen LogP contribution in [0.5, 0.6) is 0 Å². The number of amides is 1. The van der Waals surface area contributed by atoms with E-state index in [9.17, 15) is 4.79 Å². The van der Waals surface area contributed by atoms with Gasteiger partial charge in [0.05, 0.1) is 19.3 Å². The molecule has 0 saturated carbocycles. The van der Waals surface area contributed by atoms with Crippen molar-refractivity contribution >= 4 is 5.91 Å². The summed E-state index contributed by atoms with van der Waals surface area (Å²) in [6.07, 6.45) is -0.0642. The fourth-order valence-corrected chi connectivity index (χ4v) is 2.21. The topological polar surface area (TPSA) is 64.8 Å². The molecule has 1 aliphatic rings. The van der Waals surface area contributed by atoms with Crippen molar-refractivity contribution in [2.24, 2.45) is 5.73 Å². The molecular weight excluding hydrogens is 244 g/mol. The SMILES string of the molecule is COC[C@@H]1CN(C(=O)[C@H](N)c2ccccc2)CCO1. The van der Waals surface area contributed by atoms with Crippen LogP contribution >= 0.6 is 0 Å². The van der Waals surface area contributed by atoms with Crippen LogP contribution in [-0.2, 0) is 14.3 Å². The maximum absolute atomic E-state index is 12.4. The van der Waals surface area contributed by atoms with E-state index >= 15 is 0 Å². The predicted octanol–water partition coefficient (Wildman–Crippen LogP) is 0.560. The molecule has 0 spiro atoms. The van der Waals surface area contributed by atoms with Gasteiger partial charge in [-0.2, -0.15) is 0 Å². The Morgan fingerprint density at radius 1 is 1.53 bits per heavy atom. The molecule has 1 aliphatic heterocycles. The normalized spacial score (nSPS) is 21.2. The minimum absolute atomic E-state index is 0.0596. The third-order valence-electron chi connectivity index (χ3n) is 3.23. The molecule has 1 aromatic carbocycles. The third-order valence-corrected chi connectivity index (χ3v) is 3.23. The first-order chi connectivity index (χ1) is 9.22. The van der Waals surface area contributed by atoms with Crippen LogP contribution < -0.4 is 5.73 Å². The molecule has 2 rings (SSSR count). The van der Waals surface area contributed by atoms with Crippen LogP contribution in [0.2, 0.25) is 0 Å². The number of carbonyl (C=O) groups is 1. The second-order valence-corrected chi connectivity index (χ2v) is 4.62. The van der Waals surface area contributed by atoms with E-state index in [1.165, 1.54) is 0 Å². The first kappa shape index (κ1) is 14.0. The molecule has 1 heterocycles. The van der Waals surface area contributed by atoms with Gasteiger partial charge in [-0.3, -0.25) is 4.79 Å². The van der Waals surface area contributed by atoms with Gasteiger partial charge in [-0.25, -0.2) is 0 Å². The van der Waals surface area contributed by atoms with Crippen molar-refractivity contribution < 1.29 is 14.3 Å². The summed E-state index contributed by atoms with van der Waals surface area (Å²) in [5.74, 6) is -0.0596. The highest BCUT2D eigenvalue weighted by Crippen LogP contribution is 2.15. The summed E-state index contributed by atoms with van der Waals surface area (Å²) in [7, 11) is 1.62. The average Bonchev–Trinajstić information content (AvgIpc) is 2.47. The number of benzene rings is 1. The molecule has 2 atom stereocenters. The lowest BCUT2D eigenvalue weighted by Crippen LogP contribution is -2.49. The number of nitrogens with zero attached hydrogens (tertiary/aromatic N) is 1. The van der Waals surface area contributed by atoms with Crippen LogP contribution in [0.4, 0.5) is 0 Å². The highest BCUT2D eigenvalue weighted by molar-refractivity contribution is 5.83. The Morgan fingerprint density at radius 2 is 2.26 bits per heavy atom. The highest BCUT2D eigenvalue weighted by atomic mass is 16.5. The van der Waals surface area contributed by atoms with Gasteiger partial charge in [0.25, 0.3) is 0 Å². The first-order valence-electron chi connectivity index (χ1n) is 6.42. The molecule has 0 aliphatic carbocycles. The van der Waals surface area contributed by atoms with Crippen molar-refractivity contribution in [2.45, 2.75) is 12.1 Å². The van der Waals surface area contributed by atoms with Crippen molar-refractivity contribution in [1.82, 2.24) is 4.90 Å². The number of ether oxygens (including phenoxy) is 2. The van der Waals surface area contributed by atoms with Gasteiger partial charge in [0.2, 0.25) is 5.91 Å².